The van der Waals surface area contributed by atoms with Crippen LogP contribution in [0.25, 0.3) is 22.4 Å². The lowest BCUT2D eigenvalue weighted by Gasteiger charge is -2.20. The second kappa shape index (κ2) is 11.5. The van der Waals surface area contributed by atoms with Crippen molar-refractivity contribution in [1.29, 1.82) is 0 Å². The van der Waals surface area contributed by atoms with Crippen LogP contribution in [0.4, 0.5) is 11.5 Å². The molecule has 4 aromatic rings. The molecule has 6 nitrogen and oxygen atoms in total. The van der Waals surface area contributed by atoms with E-state index in [-0.39, 0.29) is 12.5 Å². The van der Waals surface area contributed by atoms with Crippen molar-refractivity contribution in [3.05, 3.63) is 91.0 Å². The number of nitrogens with one attached hydrogen (secondary N) is 1. The van der Waals surface area contributed by atoms with Gasteiger partial charge in [0.25, 0.3) is 5.91 Å². The molecule has 0 unspecified atom stereocenters. The van der Waals surface area contributed by atoms with Crippen molar-refractivity contribution in [2.24, 2.45) is 0 Å². The molecule has 3 aromatic carbocycles. The average Bonchev–Trinajstić information content (AvgIpc) is 3.23. The van der Waals surface area contributed by atoms with Crippen molar-refractivity contribution in [2.45, 2.75) is 25.7 Å². The monoisotopic (exact) mass is 478 g/mol. The third-order valence-corrected chi connectivity index (χ3v) is 6.35. The zero-order valence-electron chi connectivity index (χ0n) is 20.3. The van der Waals surface area contributed by atoms with Gasteiger partial charge in [-0.3, -0.25) is 4.79 Å². The van der Waals surface area contributed by atoms with Crippen LogP contribution in [0.5, 0.6) is 5.75 Å². The van der Waals surface area contributed by atoms with Crippen LogP contribution in [0.2, 0.25) is 0 Å². The third kappa shape index (κ3) is 5.89. The molecule has 0 bridgehead atoms. The van der Waals surface area contributed by atoms with Crippen molar-refractivity contribution >= 4 is 17.4 Å². The molecule has 0 aliphatic carbocycles. The van der Waals surface area contributed by atoms with E-state index in [2.05, 4.69) is 20.4 Å². The number of benzene rings is 3. The van der Waals surface area contributed by atoms with Gasteiger partial charge in [-0.25, -0.2) is 0 Å². The Bertz CT molecular complexity index is 1280. The van der Waals surface area contributed by atoms with Crippen LogP contribution in [-0.4, -0.2) is 35.8 Å². The normalized spacial score (nSPS) is 13.6. The van der Waals surface area contributed by atoms with Gasteiger partial charge in [-0.2, -0.15) is 0 Å². The second-order valence-corrected chi connectivity index (χ2v) is 8.96. The van der Waals surface area contributed by atoms with Crippen LogP contribution in [0.3, 0.4) is 0 Å². The fourth-order valence-corrected chi connectivity index (χ4v) is 4.49. The van der Waals surface area contributed by atoms with Crippen LogP contribution < -0.4 is 15.0 Å². The predicted molar refractivity (Wildman–Crippen MR) is 144 cm³/mol. The van der Waals surface area contributed by atoms with E-state index in [4.69, 9.17) is 4.74 Å². The van der Waals surface area contributed by atoms with Gasteiger partial charge >= 0.3 is 0 Å². The van der Waals surface area contributed by atoms with Crippen LogP contribution in [-0.2, 0) is 4.79 Å². The molecule has 0 atom stereocenters. The van der Waals surface area contributed by atoms with E-state index < -0.39 is 0 Å². The number of aromatic nitrogens is 2. The number of para-hydroxylation sites is 1. The Morgan fingerprint density at radius 2 is 1.53 bits per heavy atom. The number of ether oxygens (including phenoxy) is 1. The lowest BCUT2D eigenvalue weighted by molar-refractivity contribution is -0.118. The summed E-state index contributed by atoms with van der Waals surface area (Å²) in [4.78, 5) is 15.0. The summed E-state index contributed by atoms with van der Waals surface area (Å²) in [6.45, 7) is 1.99. The Morgan fingerprint density at radius 3 is 2.31 bits per heavy atom. The molecule has 0 radical (unpaired) electrons. The molecule has 6 heteroatoms. The van der Waals surface area contributed by atoms with Crippen molar-refractivity contribution < 1.29 is 9.53 Å². The standard InChI is InChI=1S/C30H30N4O2/c35-30(22-36-28-16-7-6-15-26(28)23-11-4-3-5-12-23)31-25-14-10-13-24(21-25)27-17-18-29(33-32-27)34-19-8-1-2-9-20-34/h3-7,10-18,21H,1-2,8-9,19-20,22H2,(H,31,35). The number of anilines is 2. The molecule has 1 aromatic heterocycles. The maximum Gasteiger partial charge on any atom is 0.262 e. The highest BCUT2D eigenvalue weighted by Gasteiger charge is 2.13. The Kier molecular flexibility index (Phi) is 7.52. The van der Waals surface area contributed by atoms with Gasteiger partial charge in [-0.15, -0.1) is 10.2 Å². The van der Waals surface area contributed by atoms with Gasteiger partial charge in [0, 0.05) is 29.9 Å². The Labute approximate surface area is 212 Å². The zero-order valence-corrected chi connectivity index (χ0v) is 20.3. The highest BCUT2D eigenvalue weighted by atomic mass is 16.5. The smallest absolute Gasteiger partial charge is 0.262 e. The Balaban J connectivity index is 1.22. The summed E-state index contributed by atoms with van der Waals surface area (Å²) in [6, 6.07) is 29.4. The summed E-state index contributed by atoms with van der Waals surface area (Å²) in [5.41, 5.74) is 4.37. The van der Waals surface area contributed by atoms with E-state index in [1.807, 2.05) is 91.0 Å². The highest BCUT2D eigenvalue weighted by molar-refractivity contribution is 5.92. The van der Waals surface area contributed by atoms with Crippen LogP contribution in [0, 0.1) is 0 Å². The number of rotatable bonds is 7. The molecule has 1 fully saturated rings. The number of nitrogens with zero attached hydrogens (tertiary/aromatic N) is 3. The van der Waals surface area contributed by atoms with Crippen LogP contribution in [0.15, 0.2) is 91.0 Å². The molecule has 0 saturated carbocycles. The third-order valence-electron chi connectivity index (χ3n) is 6.35. The summed E-state index contributed by atoms with van der Waals surface area (Å²) in [5, 5.41) is 11.9. The lowest BCUT2D eigenvalue weighted by atomic mass is 10.1. The maximum atomic E-state index is 12.7. The van der Waals surface area contributed by atoms with Crippen LogP contribution in [0.1, 0.15) is 25.7 Å². The largest absolute Gasteiger partial charge is 0.483 e. The molecular formula is C30H30N4O2. The van der Waals surface area contributed by atoms with Gasteiger partial charge in [0.1, 0.15) is 5.75 Å². The number of amides is 1. The number of hydrogen-bond acceptors (Lipinski definition) is 5. The first-order valence-electron chi connectivity index (χ1n) is 12.5. The van der Waals surface area contributed by atoms with E-state index in [0.29, 0.717) is 11.4 Å². The molecule has 36 heavy (non-hydrogen) atoms. The number of hydrogen-bond donors (Lipinski definition) is 1. The van der Waals surface area contributed by atoms with Gasteiger partial charge in [0.2, 0.25) is 0 Å². The summed E-state index contributed by atoms with van der Waals surface area (Å²) >= 11 is 0. The molecule has 1 amide bonds. The SMILES string of the molecule is O=C(COc1ccccc1-c1ccccc1)Nc1cccc(-c2ccc(N3CCCCCC3)nn2)c1. The molecule has 2 heterocycles. The molecule has 1 aliphatic heterocycles. The topological polar surface area (TPSA) is 67.3 Å². The van der Waals surface area contributed by atoms with E-state index in [1.165, 1.54) is 25.7 Å². The number of carbonyl (C=O) groups is 1. The first-order chi connectivity index (χ1) is 17.8. The van der Waals surface area contributed by atoms with Gasteiger partial charge in [-0.1, -0.05) is 73.5 Å². The summed E-state index contributed by atoms with van der Waals surface area (Å²) in [6.07, 6.45) is 4.97. The zero-order chi connectivity index (χ0) is 24.6. The Morgan fingerprint density at radius 1 is 0.778 bits per heavy atom. The molecule has 182 valence electrons. The predicted octanol–water partition coefficient (Wildman–Crippen LogP) is 6.21. The van der Waals surface area contributed by atoms with Crippen molar-refractivity contribution in [3.63, 3.8) is 0 Å². The Hall–Kier alpha value is -4.19. The molecule has 0 spiro atoms. The van der Waals surface area contributed by atoms with Crippen molar-refractivity contribution in [3.8, 4) is 28.1 Å². The van der Waals surface area contributed by atoms with E-state index in [1.54, 1.807) is 0 Å². The molecule has 5 rings (SSSR count). The molecule has 1 aliphatic rings. The van der Waals surface area contributed by atoms with E-state index in [0.717, 1.165) is 41.3 Å². The number of carbonyl (C=O) groups excluding carboxylic acids is 1. The minimum absolute atomic E-state index is 0.0849. The first kappa shape index (κ1) is 23.5. The molecule has 1 N–H and O–H groups in total. The molecular weight excluding hydrogens is 448 g/mol. The minimum Gasteiger partial charge on any atom is -0.483 e. The first-order valence-corrected chi connectivity index (χ1v) is 12.5. The average molecular weight is 479 g/mol. The maximum absolute atomic E-state index is 12.7. The second-order valence-electron chi connectivity index (χ2n) is 8.96. The van der Waals surface area contributed by atoms with Gasteiger partial charge in [-0.05, 0) is 48.7 Å². The van der Waals surface area contributed by atoms with Crippen LogP contribution >= 0.6 is 0 Å². The summed E-state index contributed by atoms with van der Waals surface area (Å²) in [7, 11) is 0. The van der Waals surface area contributed by atoms with Crippen molar-refractivity contribution in [1.82, 2.24) is 10.2 Å². The quantitative estimate of drug-likeness (QED) is 0.342. The van der Waals surface area contributed by atoms with Gasteiger partial charge in [0.05, 0.1) is 5.69 Å². The fraction of sp³-hybridized carbons (Fsp3) is 0.233. The van der Waals surface area contributed by atoms with Gasteiger partial charge in [0.15, 0.2) is 12.4 Å². The molecule has 1 saturated heterocycles. The fourth-order valence-electron chi connectivity index (χ4n) is 4.49. The van der Waals surface area contributed by atoms with E-state index >= 15 is 0 Å². The minimum atomic E-state index is -0.224. The highest BCUT2D eigenvalue weighted by Crippen LogP contribution is 2.29. The summed E-state index contributed by atoms with van der Waals surface area (Å²) in [5.74, 6) is 1.38. The van der Waals surface area contributed by atoms with Gasteiger partial charge < -0.3 is 15.0 Å². The lowest BCUT2D eigenvalue weighted by Crippen LogP contribution is -2.25. The van der Waals surface area contributed by atoms with Crippen molar-refractivity contribution in [2.75, 3.05) is 29.9 Å². The summed E-state index contributed by atoms with van der Waals surface area (Å²) < 4.78 is 5.88. The van der Waals surface area contributed by atoms with E-state index in [9.17, 15) is 4.79 Å².